The zero-order chi connectivity index (χ0) is 15.1. The van der Waals surface area contributed by atoms with Crippen LogP contribution in [0.4, 0.5) is 0 Å². The number of imidazole rings is 1. The number of carbonyl (C=O) groups is 1. The Hall–Kier alpha value is -1.53. The van der Waals surface area contributed by atoms with Crippen LogP contribution in [-0.4, -0.2) is 42.0 Å². The van der Waals surface area contributed by atoms with Crippen LogP contribution in [0.5, 0.6) is 0 Å². The fourth-order valence-corrected chi connectivity index (χ4v) is 2.66. The van der Waals surface area contributed by atoms with Crippen molar-refractivity contribution in [3.05, 3.63) is 30.1 Å². The predicted octanol–water partition coefficient (Wildman–Crippen LogP) is 2.05. The van der Waals surface area contributed by atoms with Gasteiger partial charge in [0.2, 0.25) is 5.91 Å². The summed E-state index contributed by atoms with van der Waals surface area (Å²) < 4.78 is 6.97. The predicted molar refractivity (Wildman–Crippen MR) is 86.5 cm³/mol. The van der Waals surface area contributed by atoms with E-state index in [1.807, 2.05) is 35.1 Å². The van der Waals surface area contributed by atoms with Gasteiger partial charge in [0.1, 0.15) is 12.4 Å². The summed E-state index contributed by atoms with van der Waals surface area (Å²) in [5.41, 5.74) is 1.95. The summed E-state index contributed by atoms with van der Waals surface area (Å²) in [7, 11) is 1.66. The number of carbonyl (C=O) groups excluding carboxylic acids is 1. The molecule has 2 rings (SSSR count). The molecule has 5 nitrogen and oxygen atoms in total. The molecule has 0 radical (unpaired) electrons. The lowest BCUT2D eigenvalue weighted by Crippen LogP contribution is -2.29. The first-order valence-corrected chi connectivity index (χ1v) is 8.34. The van der Waals surface area contributed by atoms with Crippen LogP contribution in [0.3, 0.4) is 0 Å². The summed E-state index contributed by atoms with van der Waals surface area (Å²) in [6.45, 7) is 1.60. The second-order valence-electron chi connectivity index (χ2n) is 4.73. The van der Waals surface area contributed by atoms with Crippen LogP contribution in [-0.2, 0) is 21.8 Å². The molecule has 6 heteroatoms. The number of fused-ring (bicyclic) bond motifs is 1. The molecule has 0 saturated heterocycles. The maximum atomic E-state index is 12.1. The molecule has 0 unspecified atom stereocenters. The van der Waals surface area contributed by atoms with E-state index in [-0.39, 0.29) is 5.91 Å². The van der Waals surface area contributed by atoms with Crippen molar-refractivity contribution in [2.75, 3.05) is 26.5 Å². The third-order valence-corrected chi connectivity index (χ3v) is 3.70. The smallest absolute Gasteiger partial charge is 0.240 e. The lowest BCUT2D eigenvalue weighted by molar-refractivity contribution is -0.121. The van der Waals surface area contributed by atoms with Gasteiger partial charge in [0, 0.05) is 20.3 Å². The average molecular weight is 307 g/mol. The summed E-state index contributed by atoms with van der Waals surface area (Å²) in [4.78, 5) is 16.7. The third kappa shape index (κ3) is 4.22. The number of hydrogen-bond donors (Lipinski definition) is 1. The highest BCUT2D eigenvalue weighted by Gasteiger charge is 2.12. The number of thioether (sulfide) groups is 1. The molecule has 114 valence electrons. The molecule has 0 aliphatic heterocycles. The van der Waals surface area contributed by atoms with Crippen molar-refractivity contribution in [1.29, 1.82) is 0 Å². The van der Waals surface area contributed by atoms with Crippen LogP contribution < -0.4 is 5.32 Å². The van der Waals surface area contributed by atoms with Crippen molar-refractivity contribution in [3.8, 4) is 0 Å². The highest BCUT2D eigenvalue weighted by molar-refractivity contribution is 7.97. The zero-order valence-corrected chi connectivity index (χ0v) is 13.3. The van der Waals surface area contributed by atoms with E-state index in [1.165, 1.54) is 0 Å². The van der Waals surface area contributed by atoms with Crippen LogP contribution in [0.25, 0.3) is 11.0 Å². The maximum Gasteiger partial charge on any atom is 0.240 e. The molecule has 0 saturated carbocycles. The largest absolute Gasteiger partial charge is 0.385 e. The van der Waals surface area contributed by atoms with E-state index in [0.717, 1.165) is 29.0 Å². The summed E-state index contributed by atoms with van der Waals surface area (Å²) in [6, 6.07) is 7.92. The number of nitrogens with zero attached hydrogens (tertiary/aromatic N) is 2. The molecule has 0 atom stereocenters. The number of rotatable bonds is 8. The number of ether oxygens (including phenoxy) is 1. The summed E-state index contributed by atoms with van der Waals surface area (Å²) in [5, 5.41) is 2.92. The van der Waals surface area contributed by atoms with Crippen LogP contribution in [0.1, 0.15) is 12.2 Å². The molecular formula is C15H21N3O2S. The quantitative estimate of drug-likeness (QED) is 0.758. The van der Waals surface area contributed by atoms with Gasteiger partial charge in [0.15, 0.2) is 0 Å². The van der Waals surface area contributed by atoms with Gasteiger partial charge in [-0.15, -0.1) is 0 Å². The van der Waals surface area contributed by atoms with Crippen LogP contribution in [0.2, 0.25) is 0 Å². The Morgan fingerprint density at radius 1 is 1.43 bits per heavy atom. The number of hydrogen-bond acceptors (Lipinski definition) is 4. The summed E-state index contributed by atoms with van der Waals surface area (Å²) in [5.74, 6) is 1.75. The Bertz CT molecular complexity index is 598. The van der Waals surface area contributed by atoms with Crippen LogP contribution in [0.15, 0.2) is 24.3 Å². The first kappa shape index (κ1) is 15.9. The van der Waals surface area contributed by atoms with Crippen molar-refractivity contribution in [2.45, 2.75) is 18.7 Å². The van der Waals surface area contributed by atoms with Crippen molar-refractivity contribution in [1.82, 2.24) is 14.9 Å². The third-order valence-electron chi connectivity index (χ3n) is 3.16. The van der Waals surface area contributed by atoms with Gasteiger partial charge in [-0.25, -0.2) is 4.98 Å². The van der Waals surface area contributed by atoms with Gasteiger partial charge >= 0.3 is 0 Å². The standard InChI is InChI=1S/C15H21N3O2S/c1-20-9-5-8-16-15(19)10-18-13-7-4-3-6-12(13)17-14(18)11-21-2/h3-4,6-7H,5,8-11H2,1-2H3,(H,16,19). The van der Waals surface area contributed by atoms with Gasteiger partial charge in [0.25, 0.3) is 0 Å². The minimum Gasteiger partial charge on any atom is -0.385 e. The Labute approximate surface area is 129 Å². The lowest BCUT2D eigenvalue weighted by atomic mass is 10.3. The van der Waals surface area contributed by atoms with Crippen LogP contribution >= 0.6 is 11.8 Å². The topological polar surface area (TPSA) is 56.1 Å². The van der Waals surface area contributed by atoms with Gasteiger partial charge in [-0.1, -0.05) is 12.1 Å². The Kier molecular flexibility index (Phi) is 6.07. The van der Waals surface area contributed by atoms with E-state index in [0.29, 0.717) is 19.7 Å². The minimum atomic E-state index is 0.0107. The fourth-order valence-electron chi connectivity index (χ4n) is 2.18. The second-order valence-corrected chi connectivity index (χ2v) is 5.60. The van der Waals surface area contributed by atoms with Gasteiger partial charge in [0.05, 0.1) is 16.8 Å². The van der Waals surface area contributed by atoms with E-state index in [1.54, 1.807) is 18.9 Å². The van der Waals surface area contributed by atoms with E-state index in [9.17, 15) is 4.79 Å². The number of benzene rings is 1. The Balaban J connectivity index is 2.08. The van der Waals surface area contributed by atoms with E-state index < -0.39 is 0 Å². The summed E-state index contributed by atoms with van der Waals surface area (Å²) >= 11 is 1.70. The molecule has 0 fully saturated rings. The lowest BCUT2D eigenvalue weighted by Gasteiger charge is -2.09. The molecular weight excluding hydrogens is 286 g/mol. The van der Waals surface area contributed by atoms with Gasteiger partial charge in [-0.2, -0.15) is 11.8 Å². The van der Waals surface area contributed by atoms with Crippen molar-refractivity contribution in [2.24, 2.45) is 0 Å². The average Bonchev–Trinajstić information content (AvgIpc) is 2.82. The molecule has 0 spiro atoms. The number of aromatic nitrogens is 2. The minimum absolute atomic E-state index is 0.0107. The Morgan fingerprint density at radius 3 is 3.00 bits per heavy atom. The fraction of sp³-hybridized carbons (Fsp3) is 0.467. The first-order valence-electron chi connectivity index (χ1n) is 6.95. The van der Waals surface area contributed by atoms with Crippen LogP contribution in [0, 0.1) is 0 Å². The van der Waals surface area contributed by atoms with E-state index in [4.69, 9.17) is 4.74 Å². The van der Waals surface area contributed by atoms with Gasteiger partial charge in [-0.05, 0) is 24.8 Å². The molecule has 1 N–H and O–H groups in total. The van der Waals surface area contributed by atoms with Gasteiger partial charge in [-0.3, -0.25) is 4.79 Å². The molecule has 0 aliphatic carbocycles. The number of methoxy groups -OCH3 is 1. The van der Waals surface area contributed by atoms with E-state index in [2.05, 4.69) is 10.3 Å². The van der Waals surface area contributed by atoms with Crippen molar-refractivity contribution in [3.63, 3.8) is 0 Å². The second kappa shape index (κ2) is 8.05. The number of amides is 1. The molecule has 21 heavy (non-hydrogen) atoms. The summed E-state index contributed by atoms with van der Waals surface area (Å²) in [6.07, 6.45) is 2.86. The molecule has 0 aliphatic rings. The Morgan fingerprint density at radius 2 is 2.24 bits per heavy atom. The highest BCUT2D eigenvalue weighted by atomic mass is 32.2. The van der Waals surface area contributed by atoms with Crippen molar-refractivity contribution < 1.29 is 9.53 Å². The zero-order valence-electron chi connectivity index (χ0n) is 12.5. The normalized spacial score (nSPS) is 11.0. The first-order chi connectivity index (χ1) is 10.3. The monoisotopic (exact) mass is 307 g/mol. The van der Waals surface area contributed by atoms with E-state index >= 15 is 0 Å². The molecule has 1 amide bonds. The van der Waals surface area contributed by atoms with Crippen molar-refractivity contribution >= 4 is 28.7 Å². The SMILES string of the molecule is COCCCNC(=O)Cn1c(CSC)nc2ccccc21. The molecule has 1 aromatic heterocycles. The highest BCUT2D eigenvalue weighted by Crippen LogP contribution is 2.18. The molecule has 1 aromatic carbocycles. The molecule has 0 bridgehead atoms. The molecule has 2 aromatic rings. The number of para-hydroxylation sites is 2. The van der Waals surface area contributed by atoms with Gasteiger partial charge < -0.3 is 14.6 Å². The maximum absolute atomic E-state index is 12.1. The number of nitrogens with one attached hydrogen (secondary N) is 1. The molecule has 1 heterocycles.